The zero-order chi connectivity index (χ0) is 7.94. The first-order chi connectivity index (χ1) is 4.43. The van der Waals surface area contributed by atoms with Crippen LogP contribution in [0, 0.1) is 5.41 Å². The Hall–Kier alpha value is -0.790. The maximum Gasteiger partial charge on any atom is 0.331 e. The fraction of sp³-hybridized carbons (Fsp3) is 0.625. The molecule has 0 fully saturated rings. The number of aliphatic carboxylic acids is 1. The first kappa shape index (κ1) is 7.32. The Kier molecular flexibility index (Phi) is 1.35. The van der Waals surface area contributed by atoms with E-state index in [1.807, 2.05) is 20.8 Å². The van der Waals surface area contributed by atoms with Crippen LogP contribution in [0.3, 0.4) is 0 Å². The van der Waals surface area contributed by atoms with Crippen LogP contribution in [-0.4, -0.2) is 11.1 Å². The number of carboxylic acids is 1. The lowest BCUT2D eigenvalue weighted by molar-refractivity contribution is -0.132. The van der Waals surface area contributed by atoms with E-state index in [0.717, 1.165) is 5.57 Å². The summed E-state index contributed by atoms with van der Waals surface area (Å²) >= 11 is 0. The van der Waals surface area contributed by atoms with E-state index >= 15 is 0 Å². The molecule has 1 N–H and O–H groups in total. The van der Waals surface area contributed by atoms with Crippen molar-refractivity contribution < 1.29 is 9.90 Å². The molecule has 0 bridgehead atoms. The Morgan fingerprint density at radius 1 is 1.50 bits per heavy atom. The van der Waals surface area contributed by atoms with Crippen molar-refractivity contribution in [1.82, 2.24) is 0 Å². The van der Waals surface area contributed by atoms with E-state index < -0.39 is 5.97 Å². The molecule has 0 unspecified atom stereocenters. The normalized spacial score (nSPS) is 17.5. The third kappa shape index (κ3) is 1.20. The molecule has 1 rings (SSSR count). The van der Waals surface area contributed by atoms with E-state index in [-0.39, 0.29) is 5.41 Å². The molecule has 0 aliphatic heterocycles. The smallest absolute Gasteiger partial charge is 0.331 e. The molecule has 0 heterocycles. The molecule has 2 heteroatoms. The summed E-state index contributed by atoms with van der Waals surface area (Å²) in [5.41, 5.74) is 1.78. The summed E-state index contributed by atoms with van der Waals surface area (Å²) in [5.74, 6) is -0.745. The van der Waals surface area contributed by atoms with Crippen molar-refractivity contribution in [3.05, 3.63) is 11.1 Å². The largest absolute Gasteiger partial charge is 0.478 e. The standard InChI is InChI=1S/C8H12O2/c1-8(2,3)6-4-5(6)7(9)10/h4H2,1-3H3,(H,9,10). The van der Waals surface area contributed by atoms with E-state index in [4.69, 9.17) is 5.11 Å². The highest BCUT2D eigenvalue weighted by Gasteiger charge is 2.35. The average molecular weight is 140 g/mol. The van der Waals surface area contributed by atoms with Crippen molar-refractivity contribution in [2.45, 2.75) is 27.2 Å². The van der Waals surface area contributed by atoms with Crippen molar-refractivity contribution in [3.63, 3.8) is 0 Å². The molecule has 0 saturated heterocycles. The van der Waals surface area contributed by atoms with Crippen molar-refractivity contribution in [2.24, 2.45) is 5.41 Å². The predicted molar refractivity (Wildman–Crippen MR) is 38.7 cm³/mol. The van der Waals surface area contributed by atoms with Crippen LogP contribution in [0.1, 0.15) is 27.2 Å². The first-order valence-corrected chi connectivity index (χ1v) is 3.38. The third-order valence-electron chi connectivity index (χ3n) is 1.76. The van der Waals surface area contributed by atoms with Crippen LogP contribution in [0.2, 0.25) is 0 Å². The van der Waals surface area contributed by atoms with Gasteiger partial charge in [0, 0.05) is 12.0 Å². The lowest BCUT2D eigenvalue weighted by Gasteiger charge is -2.12. The fourth-order valence-electron chi connectivity index (χ4n) is 1.06. The Balaban J connectivity index is 2.74. The molecule has 10 heavy (non-hydrogen) atoms. The summed E-state index contributed by atoms with van der Waals surface area (Å²) < 4.78 is 0. The van der Waals surface area contributed by atoms with Crippen molar-refractivity contribution in [1.29, 1.82) is 0 Å². The van der Waals surface area contributed by atoms with Crippen LogP contribution in [0.15, 0.2) is 11.1 Å². The number of hydrogen-bond donors (Lipinski definition) is 1. The Morgan fingerprint density at radius 3 is 2.10 bits per heavy atom. The molecule has 56 valence electrons. The summed E-state index contributed by atoms with van der Waals surface area (Å²) in [7, 11) is 0. The molecular weight excluding hydrogens is 128 g/mol. The molecule has 0 aromatic rings. The van der Waals surface area contributed by atoms with Crippen LogP contribution in [-0.2, 0) is 4.79 Å². The summed E-state index contributed by atoms with van der Waals surface area (Å²) in [6.07, 6.45) is 0.707. The van der Waals surface area contributed by atoms with E-state index in [1.165, 1.54) is 0 Å². The van der Waals surface area contributed by atoms with Gasteiger partial charge in [-0.2, -0.15) is 0 Å². The SMILES string of the molecule is CC(C)(C)C1=C(C(=O)O)C1. The second kappa shape index (κ2) is 1.84. The van der Waals surface area contributed by atoms with Gasteiger partial charge < -0.3 is 5.11 Å². The predicted octanol–water partition coefficient (Wildman–Crippen LogP) is 1.82. The van der Waals surface area contributed by atoms with Crippen LogP contribution < -0.4 is 0 Å². The minimum atomic E-state index is -0.745. The molecule has 0 atom stereocenters. The molecular formula is C8H12O2. The Labute approximate surface area is 60.6 Å². The second-order valence-electron chi connectivity index (χ2n) is 3.69. The van der Waals surface area contributed by atoms with Crippen molar-refractivity contribution in [3.8, 4) is 0 Å². The van der Waals surface area contributed by atoms with Gasteiger partial charge in [-0.15, -0.1) is 0 Å². The maximum absolute atomic E-state index is 10.4. The highest BCUT2D eigenvalue weighted by Crippen LogP contribution is 2.44. The van der Waals surface area contributed by atoms with Gasteiger partial charge in [-0.05, 0) is 11.0 Å². The van der Waals surface area contributed by atoms with Gasteiger partial charge in [-0.1, -0.05) is 20.8 Å². The second-order valence-corrected chi connectivity index (χ2v) is 3.69. The zero-order valence-corrected chi connectivity index (χ0v) is 6.56. The minimum absolute atomic E-state index is 0.0632. The van der Waals surface area contributed by atoms with Gasteiger partial charge >= 0.3 is 5.97 Å². The van der Waals surface area contributed by atoms with Gasteiger partial charge in [0.25, 0.3) is 0 Å². The van der Waals surface area contributed by atoms with Gasteiger partial charge in [-0.25, -0.2) is 4.79 Å². The van der Waals surface area contributed by atoms with Gasteiger partial charge in [0.2, 0.25) is 0 Å². The quantitative estimate of drug-likeness (QED) is 0.603. The maximum atomic E-state index is 10.4. The van der Waals surface area contributed by atoms with Gasteiger partial charge in [0.1, 0.15) is 0 Å². The van der Waals surface area contributed by atoms with E-state index in [9.17, 15) is 4.79 Å². The minimum Gasteiger partial charge on any atom is -0.478 e. The average Bonchev–Trinajstić information content (AvgIpc) is 2.35. The lowest BCUT2D eigenvalue weighted by Crippen LogP contribution is -2.01. The van der Waals surface area contributed by atoms with Crippen molar-refractivity contribution in [2.75, 3.05) is 0 Å². The number of hydrogen-bond acceptors (Lipinski definition) is 1. The molecule has 0 aromatic heterocycles. The van der Waals surface area contributed by atoms with Crippen LogP contribution in [0.4, 0.5) is 0 Å². The molecule has 1 aliphatic carbocycles. The van der Waals surface area contributed by atoms with E-state index in [0.29, 0.717) is 12.0 Å². The Morgan fingerprint density at radius 2 is 2.00 bits per heavy atom. The summed E-state index contributed by atoms with van der Waals surface area (Å²) in [6, 6.07) is 0. The van der Waals surface area contributed by atoms with Crippen LogP contribution >= 0.6 is 0 Å². The van der Waals surface area contributed by atoms with Crippen LogP contribution in [0.5, 0.6) is 0 Å². The molecule has 0 radical (unpaired) electrons. The summed E-state index contributed by atoms with van der Waals surface area (Å²) in [6.45, 7) is 6.12. The highest BCUT2D eigenvalue weighted by molar-refractivity contribution is 5.93. The molecule has 0 aromatic carbocycles. The number of carbonyl (C=O) groups is 1. The van der Waals surface area contributed by atoms with Gasteiger partial charge in [-0.3, -0.25) is 0 Å². The van der Waals surface area contributed by atoms with Crippen molar-refractivity contribution >= 4 is 5.97 Å². The number of carboxylic acid groups (broad SMARTS) is 1. The molecule has 0 spiro atoms. The van der Waals surface area contributed by atoms with E-state index in [2.05, 4.69) is 0 Å². The molecule has 0 saturated carbocycles. The van der Waals surface area contributed by atoms with Crippen LogP contribution in [0.25, 0.3) is 0 Å². The zero-order valence-electron chi connectivity index (χ0n) is 6.56. The van der Waals surface area contributed by atoms with E-state index in [1.54, 1.807) is 0 Å². The summed E-state index contributed by atoms with van der Waals surface area (Å²) in [4.78, 5) is 10.4. The molecule has 0 amide bonds. The lowest BCUT2D eigenvalue weighted by atomic mass is 9.93. The Bertz CT molecular complexity index is 206. The fourth-order valence-corrected chi connectivity index (χ4v) is 1.06. The van der Waals surface area contributed by atoms with Gasteiger partial charge in [0.15, 0.2) is 0 Å². The third-order valence-corrected chi connectivity index (χ3v) is 1.76. The molecule has 1 aliphatic rings. The number of rotatable bonds is 1. The first-order valence-electron chi connectivity index (χ1n) is 3.38. The highest BCUT2D eigenvalue weighted by atomic mass is 16.4. The topological polar surface area (TPSA) is 37.3 Å². The van der Waals surface area contributed by atoms with Gasteiger partial charge in [0.05, 0.1) is 0 Å². The monoisotopic (exact) mass is 140 g/mol. The molecule has 2 nitrogen and oxygen atoms in total. The number of allylic oxidation sites excluding steroid dienone is 1. The summed E-state index contributed by atoms with van der Waals surface area (Å²) in [5, 5.41) is 8.53.